The molecule has 10 amide bonds. The van der Waals surface area contributed by atoms with Gasteiger partial charge in [0.25, 0.3) is 6.47 Å². The minimum Gasteiger partial charge on any atom is -0.505 e. The molecule has 658 valence electrons. The number of Topliss-reactive ketones (excluding diaryl/α,β-unsaturated/α-hetero) is 1. The number of carboxylic acids is 2. The second-order valence-corrected chi connectivity index (χ2v) is 31.3. The zero-order valence-electron chi connectivity index (χ0n) is 67.2. The fraction of sp³-hybridized carbons (Fsp3) is 0.456. The van der Waals surface area contributed by atoms with Crippen molar-refractivity contribution in [3.63, 3.8) is 0 Å². The predicted octanol–water partition coefficient (Wildman–Crippen LogP) is 1.26. The van der Waals surface area contributed by atoms with Gasteiger partial charge in [-0.1, -0.05) is 48.5 Å². The van der Waals surface area contributed by atoms with Crippen LogP contribution in [0.25, 0.3) is 21.9 Å². The first kappa shape index (κ1) is 97.1. The number of nitrogens with one attached hydrogen (secondary N) is 10. The maximum atomic E-state index is 14.4. The van der Waals surface area contributed by atoms with Crippen molar-refractivity contribution < 1.29 is 104 Å². The van der Waals surface area contributed by atoms with E-state index in [1.165, 1.54) is 24.3 Å². The molecule has 3 saturated heterocycles. The number of unbranched alkanes of at least 4 members (excludes halogenated alkanes) is 2. The van der Waals surface area contributed by atoms with Crippen LogP contribution in [0, 0.1) is 25.2 Å². The molecule has 40 nitrogen and oxygen atoms in total. The molecule has 0 aromatic heterocycles. The Balaban J connectivity index is 0.00000672. The van der Waals surface area contributed by atoms with Crippen LogP contribution in [0.3, 0.4) is 0 Å². The highest BCUT2D eigenvalue weighted by Crippen LogP contribution is 2.41. The number of nitrogens with zero attached hydrogens (tertiary/aromatic N) is 6. The Hall–Kier alpha value is -12.0. The third-order valence-electron chi connectivity index (χ3n) is 20.1. The minimum atomic E-state index is -2.34. The number of amides is 10. The first-order chi connectivity index (χ1) is 58.3. The number of aromatic hydroxyl groups is 1. The molecular weight excluding hydrogens is 1650 g/mol. The number of ether oxygens (including phenoxy) is 1. The van der Waals surface area contributed by atoms with Gasteiger partial charge in [0.05, 0.1) is 59.1 Å². The van der Waals surface area contributed by atoms with Crippen LogP contribution in [0.4, 0.5) is 22.7 Å². The number of guanidine groups is 1. The van der Waals surface area contributed by atoms with Crippen molar-refractivity contribution in [2.45, 2.75) is 132 Å². The van der Waals surface area contributed by atoms with Crippen LogP contribution >= 0.6 is 11.8 Å². The number of anilines is 2. The van der Waals surface area contributed by atoms with Gasteiger partial charge in [-0.05, 0) is 142 Å². The fourth-order valence-electron chi connectivity index (χ4n) is 13.7. The van der Waals surface area contributed by atoms with Crippen LogP contribution < -0.4 is 59.3 Å². The SMILES string of the molecule is Cc1cc(-c2ccc(NC(=O)[C@@H](CCCCNC(=O)CCN3C(=O)CC(SCC(=O)NCCCC[C@H]4NC(=O)[C@H](Cc5ccccc5)CC(=O)[C@H](CC(=O)O)NC(=O)CNC(=O)[C@H](CCCNC(=N)N)NC4=O)C3=O)NC(=O)CN3CCN(COC=O)CCN(CC(=O)O)CC3)c(C)c2)ccc1N=Nc1ccc2c(S(=O)O)ccc(N)c2c1O.O=S=O. The number of aryl methyl sites for hydroxylation is 2. The molecule has 18 N–H and O–H groups in total. The molecule has 0 saturated carbocycles. The number of phenols is 1. The van der Waals surface area contributed by atoms with Crippen molar-refractivity contribution in [1.29, 1.82) is 5.41 Å². The van der Waals surface area contributed by atoms with E-state index in [-0.39, 0.29) is 148 Å². The molecule has 3 aliphatic rings. The lowest BCUT2D eigenvalue weighted by atomic mass is 9.90. The number of benzene rings is 5. The summed E-state index contributed by atoms with van der Waals surface area (Å²) in [6.07, 6.45) is -0.523. The number of aliphatic carboxylic acids is 2. The summed E-state index contributed by atoms with van der Waals surface area (Å²) >= 11 is -2.16. The van der Waals surface area contributed by atoms with Gasteiger partial charge in [-0.2, -0.15) is 13.5 Å². The summed E-state index contributed by atoms with van der Waals surface area (Å²) in [7, 11) is 0. The normalized spacial score (nSPS) is 18.4. The van der Waals surface area contributed by atoms with Crippen molar-refractivity contribution >= 4 is 157 Å². The number of carbonyl (C=O) groups is 14. The molecule has 0 spiro atoms. The molecule has 3 aliphatic heterocycles. The molecule has 0 radical (unpaired) electrons. The lowest BCUT2D eigenvalue weighted by Gasteiger charge is -2.26. The first-order valence-electron chi connectivity index (χ1n) is 39.1. The number of nitrogens with two attached hydrogens (primary N) is 2. The van der Waals surface area contributed by atoms with Crippen LogP contribution in [0.2, 0.25) is 0 Å². The Morgan fingerprint density at radius 3 is 1.97 bits per heavy atom. The molecule has 122 heavy (non-hydrogen) atoms. The summed E-state index contributed by atoms with van der Waals surface area (Å²) in [5.41, 5.74) is 16.4. The van der Waals surface area contributed by atoms with Crippen molar-refractivity contribution in [3.05, 3.63) is 108 Å². The van der Waals surface area contributed by atoms with Crippen LogP contribution in [-0.4, -0.2) is 268 Å². The molecule has 3 fully saturated rings. The highest BCUT2D eigenvalue weighted by Gasteiger charge is 2.40. The van der Waals surface area contributed by atoms with Crippen molar-refractivity contribution in [2.75, 3.05) is 109 Å². The molecular formula is C79H102N18O22S3. The van der Waals surface area contributed by atoms with Crippen molar-refractivity contribution in [1.82, 2.24) is 62.1 Å². The van der Waals surface area contributed by atoms with Crippen LogP contribution in [0.1, 0.15) is 93.7 Å². The van der Waals surface area contributed by atoms with Gasteiger partial charge in [0.2, 0.25) is 59.1 Å². The summed E-state index contributed by atoms with van der Waals surface area (Å²) < 4.78 is 43.3. The Morgan fingerprint density at radius 1 is 0.697 bits per heavy atom. The number of thioether (sulfide) groups is 1. The number of likely N-dealkylation sites (tertiary alicyclic amines) is 1. The zero-order chi connectivity index (χ0) is 89.0. The third-order valence-corrected chi connectivity index (χ3v) is 22.0. The first-order valence-corrected chi connectivity index (χ1v) is 42.0. The van der Waals surface area contributed by atoms with Gasteiger partial charge in [0, 0.05) is 107 Å². The van der Waals surface area contributed by atoms with E-state index in [4.69, 9.17) is 30.0 Å². The van der Waals surface area contributed by atoms with E-state index >= 15 is 0 Å². The number of nitrogen functional groups attached to an aromatic ring is 1. The Kier molecular flexibility index (Phi) is 39.5. The Morgan fingerprint density at radius 2 is 1.31 bits per heavy atom. The number of fused-ring (bicyclic) bond motifs is 1. The average molecular weight is 1750 g/mol. The molecule has 5 aromatic carbocycles. The van der Waals surface area contributed by atoms with Crippen molar-refractivity contribution in [2.24, 2.45) is 21.9 Å². The highest BCUT2D eigenvalue weighted by molar-refractivity contribution is 8.01. The largest absolute Gasteiger partial charge is 0.505 e. The minimum absolute atomic E-state index is 0.0184. The molecule has 2 unspecified atom stereocenters. The van der Waals surface area contributed by atoms with Gasteiger partial charge in [0.15, 0.2) is 28.6 Å². The number of azo groups is 1. The molecule has 3 heterocycles. The monoisotopic (exact) mass is 1750 g/mol. The van der Waals surface area contributed by atoms with Gasteiger partial charge >= 0.3 is 23.5 Å². The van der Waals surface area contributed by atoms with Gasteiger partial charge in [-0.15, -0.1) is 16.9 Å². The molecule has 5 aromatic rings. The van der Waals surface area contributed by atoms with E-state index in [0.29, 0.717) is 81.1 Å². The lowest BCUT2D eigenvalue weighted by Crippen LogP contribution is -2.55. The molecule has 0 bridgehead atoms. The van der Waals surface area contributed by atoms with E-state index in [1.807, 2.05) is 41.0 Å². The van der Waals surface area contributed by atoms with E-state index in [9.17, 15) is 91.2 Å². The molecule has 43 heteroatoms. The number of carbonyl (C=O) groups excluding carboxylic acids is 12. The van der Waals surface area contributed by atoms with Crippen LogP contribution in [0.5, 0.6) is 5.75 Å². The quantitative estimate of drug-likeness (QED) is 0.00386. The maximum absolute atomic E-state index is 14.4. The second-order valence-electron chi connectivity index (χ2n) is 29.0. The highest BCUT2D eigenvalue weighted by atomic mass is 32.2. The standard InChI is InChI=1S/C79H102N18O20S2.O2S/c1-47-35-50(51-17-21-56(48(2)36-51)92-93-57-22-18-53-64(119(115)116)23-19-54(80)72(53)73(57)109)16-20-55(47)89-76(112)59(87-67(102)42-94-29-30-95(43-71(107)108)32-34-96(33-31-94)45-117-46-98)13-6-8-25-83-65(100)24-28-97-69(104)40-63(78(97)114)118-44-68(103)84-26-9-7-14-60-77(113)91-58(15-10-27-85-79(81)82)75(111)86-41-66(101)88-61(39-70(105)106)62(99)38-52(74(110)90-60)37-49-11-4-3-5-12-49;1-3-2/h3-5,11-12,16-23,35-36,46,52,58-61,63,109H,6-10,13-15,24-34,37-45,80H2,1-2H3,(H,83,100)(H,84,103)(H,86,111)(H,87,102)(H,88,101)(H,89,112)(H,90,110)(H,91,113)(H,105,106)(H,107,108)(H,115,116)(H4,81,82,85);/t52-,58+,59-,60-,61+,63?;/m1./s1. The predicted molar refractivity (Wildman–Crippen MR) is 448 cm³/mol. The van der Waals surface area contributed by atoms with Crippen LogP contribution in [0.15, 0.2) is 106 Å². The molecule has 7 atom stereocenters. The van der Waals surface area contributed by atoms with Gasteiger partial charge in [0.1, 0.15) is 30.5 Å². The summed E-state index contributed by atoms with van der Waals surface area (Å²) in [6, 6.07) is 20.0. The topological polar surface area (TPSA) is 602 Å². The van der Waals surface area contributed by atoms with E-state index in [1.54, 1.807) is 54.3 Å². The Labute approximate surface area is 712 Å². The summed E-state index contributed by atoms with van der Waals surface area (Å²) in [5.74, 6) is -11.7. The number of imide groups is 1. The van der Waals surface area contributed by atoms with Crippen LogP contribution in [-0.2, 0) is 101 Å². The lowest BCUT2D eigenvalue weighted by molar-refractivity contribution is -0.141. The zero-order valence-corrected chi connectivity index (χ0v) is 69.7. The third kappa shape index (κ3) is 31.5. The number of rotatable bonds is 38. The summed E-state index contributed by atoms with van der Waals surface area (Å²) in [6.45, 7) is 4.86. The number of hydrogen-bond acceptors (Lipinski definition) is 27. The number of phenolic OH excluding ortho intramolecular Hbond substituents is 1. The smallest absolute Gasteiger partial charge is 0.335 e. The number of ketones is 1. The van der Waals surface area contributed by atoms with E-state index < -0.39 is 154 Å². The number of carboxylic acid groups (broad SMARTS) is 2. The van der Waals surface area contributed by atoms with Crippen molar-refractivity contribution in [3.8, 4) is 16.9 Å². The maximum Gasteiger partial charge on any atom is 0.335 e. The molecule has 0 aliphatic carbocycles. The average Bonchev–Trinajstić information content (AvgIpc) is 0.824. The van der Waals surface area contributed by atoms with Gasteiger partial charge in [-0.3, -0.25) is 92.1 Å². The fourth-order valence-corrected chi connectivity index (χ4v) is 15.2. The second kappa shape index (κ2) is 49.6. The van der Waals surface area contributed by atoms with E-state index in [2.05, 4.69) is 58.1 Å². The van der Waals surface area contributed by atoms with E-state index in [0.717, 1.165) is 33.4 Å². The summed E-state index contributed by atoms with van der Waals surface area (Å²) in [5, 5.41) is 70.1. The van der Waals surface area contributed by atoms with Gasteiger partial charge in [-0.25, -0.2) is 4.21 Å². The summed E-state index contributed by atoms with van der Waals surface area (Å²) in [4.78, 5) is 192. The Bertz CT molecular complexity index is 4710. The number of hydrogen-bond donors (Lipinski definition) is 16. The molecule has 8 rings (SSSR count). The van der Waals surface area contributed by atoms with Gasteiger partial charge < -0.3 is 83.9 Å².